The van der Waals surface area contributed by atoms with Crippen LogP contribution in [0.5, 0.6) is 0 Å². The van der Waals surface area contributed by atoms with E-state index < -0.39 is 5.56 Å². The van der Waals surface area contributed by atoms with Crippen molar-refractivity contribution in [2.75, 3.05) is 11.5 Å². The van der Waals surface area contributed by atoms with E-state index in [0.717, 1.165) is 0 Å². The smallest absolute Gasteiger partial charge is 0.348 e. The Balaban J connectivity index is 3.10. The average Bonchev–Trinajstić information content (AvgIpc) is 2.48. The van der Waals surface area contributed by atoms with Crippen LogP contribution in [0.2, 0.25) is 0 Å². The van der Waals surface area contributed by atoms with Crippen molar-refractivity contribution in [2.24, 2.45) is 0 Å². The molecule has 0 aliphatic heterocycles. The molecule has 70 valence electrons. The van der Waals surface area contributed by atoms with Crippen LogP contribution in [0.25, 0.3) is 11.1 Å². The minimum Gasteiger partial charge on any atom is -0.431 e. The van der Waals surface area contributed by atoms with Crippen LogP contribution in [0.3, 0.4) is 0 Å². The van der Waals surface area contributed by atoms with Crippen LogP contribution in [0.4, 0.5) is 11.6 Å². The van der Waals surface area contributed by atoms with Crippen LogP contribution in [0.1, 0.15) is 0 Å². The Labute approximate surface area is 70.1 Å². The third-order valence-corrected chi connectivity index (χ3v) is 1.70. The lowest BCUT2D eigenvalue weighted by Gasteiger charge is -1.95. The highest BCUT2D eigenvalue weighted by atomic mass is 16.6. The van der Waals surface area contributed by atoms with Gasteiger partial charge >= 0.3 is 5.56 Å². The van der Waals surface area contributed by atoms with Crippen molar-refractivity contribution in [3.8, 4) is 0 Å². The molecule has 0 fully saturated rings. The van der Waals surface area contributed by atoms with E-state index >= 15 is 0 Å². The number of hydrogen-bond donors (Lipinski definition) is 4. The van der Waals surface area contributed by atoms with Gasteiger partial charge in [-0.15, -0.1) is 0 Å². The van der Waals surface area contributed by atoms with Crippen molar-refractivity contribution in [2.45, 2.75) is 0 Å². The molecule has 0 aromatic carbocycles. The highest BCUT2D eigenvalue weighted by molar-refractivity contribution is 5.91. The Hall–Kier alpha value is -2.25. The fraction of sp³-hybridized carbons (Fsp3) is 0. The standard InChI is InChI=1S/C5H6N4O4/c6-1-2-3(13-4(1)7)5(10)9(12)8(2)11/h11-12H,6-7H2. The summed E-state index contributed by atoms with van der Waals surface area (Å²) >= 11 is 0. The SMILES string of the molecule is Nc1oc2c(=O)n(O)n(O)c2c1N. The Morgan fingerprint density at radius 1 is 1.23 bits per heavy atom. The van der Waals surface area contributed by atoms with Gasteiger partial charge in [0.2, 0.25) is 11.5 Å². The summed E-state index contributed by atoms with van der Waals surface area (Å²) in [4.78, 5) is 11.2. The van der Waals surface area contributed by atoms with Gasteiger partial charge in [-0.05, 0) is 4.85 Å². The maximum absolute atomic E-state index is 11.0. The molecule has 8 heteroatoms. The third-order valence-electron chi connectivity index (χ3n) is 1.70. The van der Waals surface area contributed by atoms with Gasteiger partial charge in [0.15, 0.2) is 5.52 Å². The van der Waals surface area contributed by atoms with E-state index in [-0.39, 0.29) is 32.4 Å². The highest BCUT2D eigenvalue weighted by Gasteiger charge is 2.21. The topological polar surface area (TPSA) is 133 Å². The second-order valence-electron chi connectivity index (χ2n) is 2.44. The van der Waals surface area contributed by atoms with E-state index in [1.54, 1.807) is 0 Å². The van der Waals surface area contributed by atoms with Gasteiger partial charge in [-0.25, -0.2) is 0 Å². The number of rotatable bonds is 0. The van der Waals surface area contributed by atoms with Gasteiger partial charge in [0, 0.05) is 0 Å². The zero-order valence-electron chi connectivity index (χ0n) is 6.26. The summed E-state index contributed by atoms with van der Waals surface area (Å²) in [6, 6.07) is 0. The van der Waals surface area contributed by atoms with Gasteiger partial charge in [-0.1, -0.05) is 4.85 Å². The first-order valence-corrected chi connectivity index (χ1v) is 3.24. The Bertz CT molecular complexity index is 533. The predicted molar refractivity (Wildman–Crippen MR) is 41.7 cm³/mol. The Morgan fingerprint density at radius 2 is 1.85 bits per heavy atom. The van der Waals surface area contributed by atoms with Gasteiger partial charge in [-0.2, -0.15) is 0 Å². The van der Waals surface area contributed by atoms with Crippen molar-refractivity contribution in [1.82, 2.24) is 9.69 Å². The summed E-state index contributed by atoms with van der Waals surface area (Å²) < 4.78 is 4.71. The number of fused-ring (bicyclic) bond motifs is 1. The second kappa shape index (κ2) is 1.91. The van der Waals surface area contributed by atoms with E-state index in [1.165, 1.54) is 0 Å². The molecule has 0 radical (unpaired) electrons. The lowest BCUT2D eigenvalue weighted by molar-refractivity contribution is -0.00825. The lowest BCUT2D eigenvalue weighted by Crippen LogP contribution is -2.19. The summed E-state index contributed by atoms with van der Waals surface area (Å²) in [7, 11) is 0. The van der Waals surface area contributed by atoms with Crippen molar-refractivity contribution in [1.29, 1.82) is 0 Å². The van der Waals surface area contributed by atoms with Crippen LogP contribution in [0, 0.1) is 0 Å². The van der Waals surface area contributed by atoms with E-state index in [4.69, 9.17) is 26.3 Å². The van der Waals surface area contributed by atoms with Crippen LogP contribution >= 0.6 is 0 Å². The predicted octanol–water partition coefficient (Wildman–Crippen LogP) is -0.965. The number of nitrogen functional groups attached to an aromatic ring is 2. The zero-order valence-corrected chi connectivity index (χ0v) is 6.26. The lowest BCUT2D eigenvalue weighted by atomic mass is 10.4. The molecule has 0 amide bonds. The summed E-state index contributed by atoms with van der Waals surface area (Å²) in [6.45, 7) is 0. The maximum Gasteiger partial charge on any atom is 0.348 e. The minimum atomic E-state index is -0.930. The Kier molecular flexibility index (Phi) is 1.09. The molecule has 0 atom stereocenters. The van der Waals surface area contributed by atoms with Crippen molar-refractivity contribution >= 4 is 22.7 Å². The largest absolute Gasteiger partial charge is 0.431 e. The molecule has 13 heavy (non-hydrogen) atoms. The molecule has 8 nitrogen and oxygen atoms in total. The molecule has 0 spiro atoms. The van der Waals surface area contributed by atoms with Crippen molar-refractivity contribution in [3.63, 3.8) is 0 Å². The molecular formula is C5H6N4O4. The van der Waals surface area contributed by atoms with Crippen LogP contribution in [-0.4, -0.2) is 20.1 Å². The molecule has 2 aromatic heterocycles. The van der Waals surface area contributed by atoms with E-state index in [2.05, 4.69) is 0 Å². The molecule has 0 saturated heterocycles. The number of nitrogens with zero attached hydrogens (tertiary/aromatic N) is 2. The monoisotopic (exact) mass is 186 g/mol. The first kappa shape index (κ1) is 7.40. The Morgan fingerprint density at radius 3 is 2.38 bits per heavy atom. The molecule has 0 aliphatic rings. The number of furan rings is 1. The molecule has 2 aromatic rings. The van der Waals surface area contributed by atoms with Gasteiger partial charge in [0.1, 0.15) is 5.69 Å². The van der Waals surface area contributed by atoms with Gasteiger partial charge < -0.3 is 26.3 Å². The van der Waals surface area contributed by atoms with E-state index in [1.807, 2.05) is 0 Å². The quantitative estimate of drug-likeness (QED) is 0.391. The fourth-order valence-electron chi connectivity index (χ4n) is 1.07. The molecule has 0 bridgehead atoms. The molecular weight excluding hydrogens is 180 g/mol. The fourth-order valence-corrected chi connectivity index (χ4v) is 1.07. The van der Waals surface area contributed by atoms with Gasteiger partial charge in [-0.3, -0.25) is 4.79 Å². The van der Waals surface area contributed by atoms with Crippen molar-refractivity contribution in [3.05, 3.63) is 10.4 Å². The minimum absolute atomic E-state index is 0.0377. The summed E-state index contributed by atoms with van der Waals surface area (Å²) in [5, 5.41) is 18.0. The molecule has 2 rings (SSSR count). The zero-order chi connectivity index (χ0) is 9.75. The van der Waals surface area contributed by atoms with Crippen LogP contribution in [0.15, 0.2) is 9.21 Å². The summed E-state index contributed by atoms with van der Waals surface area (Å²) in [5.74, 6) is -0.175. The number of aromatic nitrogens is 2. The molecule has 0 aliphatic carbocycles. The third kappa shape index (κ3) is 0.662. The van der Waals surface area contributed by atoms with E-state index in [9.17, 15) is 4.79 Å². The van der Waals surface area contributed by atoms with Crippen molar-refractivity contribution < 1.29 is 14.8 Å². The first-order valence-electron chi connectivity index (χ1n) is 3.24. The van der Waals surface area contributed by atoms with Crippen LogP contribution in [-0.2, 0) is 0 Å². The van der Waals surface area contributed by atoms with E-state index in [0.29, 0.717) is 0 Å². The number of nitrogens with two attached hydrogens (primary N) is 2. The van der Waals surface area contributed by atoms with Gasteiger partial charge in [0.25, 0.3) is 0 Å². The molecule has 6 N–H and O–H groups in total. The highest BCUT2D eigenvalue weighted by Crippen LogP contribution is 2.27. The van der Waals surface area contributed by atoms with Crippen LogP contribution < -0.4 is 17.0 Å². The average molecular weight is 186 g/mol. The maximum atomic E-state index is 11.0. The van der Waals surface area contributed by atoms with Gasteiger partial charge in [0.05, 0.1) is 0 Å². The molecule has 0 unspecified atom stereocenters. The molecule has 0 saturated carbocycles. The first-order chi connectivity index (χ1) is 6.04. The summed E-state index contributed by atoms with van der Waals surface area (Å²) in [5.41, 5.74) is 9.13. The molecule has 2 heterocycles. The summed E-state index contributed by atoms with van der Waals surface area (Å²) in [6.07, 6.45) is 0. The number of hydrogen-bond acceptors (Lipinski definition) is 6. The second-order valence-corrected chi connectivity index (χ2v) is 2.44. The normalized spacial score (nSPS) is 11.1. The number of anilines is 2.